The zero-order valence-electron chi connectivity index (χ0n) is 15.4. The number of carbonyl (C=O) groups is 1. The van der Waals surface area contributed by atoms with Crippen molar-refractivity contribution in [2.24, 2.45) is 0 Å². The Kier molecular flexibility index (Phi) is 5.87. The summed E-state index contributed by atoms with van der Waals surface area (Å²) in [5, 5.41) is 2.31. The summed E-state index contributed by atoms with van der Waals surface area (Å²) < 4.78 is 79.1. The monoisotopic (exact) mass is 441 g/mol. The van der Waals surface area contributed by atoms with Crippen molar-refractivity contribution in [3.8, 4) is 0 Å². The van der Waals surface area contributed by atoms with Gasteiger partial charge in [-0.3, -0.25) is 14.6 Å². The lowest BCUT2D eigenvalue weighted by Crippen LogP contribution is -2.33. The highest BCUT2D eigenvalue weighted by Gasteiger charge is 2.37. The van der Waals surface area contributed by atoms with Gasteiger partial charge in [0.05, 0.1) is 22.9 Å². The molecule has 0 bridgehead atoms. The molecule has 1 unspecified atom stereocenters. The smallest absolute Gasteiger partial charge is 0.338 e. The van der Waals surface area contributed by atoms with E-state index < -0.39 is 46.7 Å². The van der Waals surface area contributed by atoms with Gasteiger partial charge in [0.1, 0.15) is 5.69 Å². The van der Waals surface area contributed by atoms with Crippen molar-refractivity contribution >= 4 is 5.91 Å². The van der Waals surface area contributed by atoms with Gasteiger partial charge in [-0.2, -0.15) is 26.3 Å². The third-order valence-corrected chi connectivity index (χ3v) is 4.28. The second-order valence-corrected chi connectivity index (χ2v) is 6.39. The number of alkyl halides is 6. The first-order valence-corrected chi connectivity index (χ1v) is 8.66. The number of halogens is 6. The van der Waals surface area contributed by atoms with Crippen LogP contribution in [0, 0.1) is 0 Å². The number of hydrogen-bond acceptors (Lipinski definition) is 3. The van der Waals surface area contributed by atoms with Gasteiger partial charge in [-0.05, 0) is 35.9 Å². The summed E-state index contributed by atoms with van der Waals surface area (Å²) in [5.74, 6) is -0.943. The number of aromatic nitrogens is 2. The molecule has 2 N–H and O–H groups in total. The minimum absolute atomic E-state index is 0.0659. The molecule has 0 saturated heterocycles. The minimum Gasteiger partial charge on any atom is -0.338 e. The number of nitrogens with zero attached hydrogens (tertiary/aromatic N) is 1. The van der Waals surface area contributed by atoms with Gasteiger partial charge in [0, 0.05) is 12.3 Å². The Bertz CT molecular complexity index is 1140. The van der Waals surface area contributed by atoms with Crippen LogP contribution in [0.5, 0.6) is 0 Å². The second-order valence-electron chi connectivity index (χ2n) is 6.39. The predicted octanol–water partition coefficient (Wildman–Crippen LogP) is 4.33. The van der Waals surface area contributed by atoms with Gasteiger partial charge in [0.25, 0.3) is 5.91 Å². The van der Waals surface area contributed by atoms with E-state index in [0.29, 0.717) is 12.1 Å². The normalized spacial score (nSPS) is 13.0. The Hall–Kier alpha value is -3.63. The standard InChI is InChI=1S/C20H13F6N3O2/c21-19(22,23)12-8-6-11(7-9-12)16(17-13(20(24,25)26)3-2-10-27-17)29-18(31)14-4-1-5-15(30)28-14/h1-10,16H,(H,28,30)(H,29,31). The number of nitrogens with one attached hydrogen (secondary N) is 2. The van der Waals surface area contributed by atoms with Crippen LogP contribution in [0.4, 0.5) is 26.3 Å². The van der Waals surface area contributed by atoms with Gasteiger partial charge in [-0.1, -0.05) is 18.2 Å². The maximum Gasteiger partial charge on any atom is 0.418 e. The van der Waals surface area contributed by atoms with E-state index in [-0.39, 0.29) is 11.3 Å². The third kappa shape index (κ3) is 5.11. The molecule has 5 nitrogen and oxygen atoms in total. The van der Waals surface area contributed by atoms with Crippen LogP contribution >= 0.6 is 0 Å². The van der Waals surface area contributed by atoms with Crippen molar-refractivity contribution in [3.05, 3.63) is 99.2 Å². The topological polar surface area (TPSA) is 74.8 Å². The highest BCUT2D eigenvalue weighted by atomic mass is 19.4. The molecular weight excluding hydrogens is 428 g/mol. The lowest BCUT2D eigenvalue weighted by molar-refractivity contribution is -0.139. The molecule has 31 heavy (non-hydrogen) atoms. The fourth-order valence-corrected chi connectivity index (χ4v) is 2.85. The molecule has 0 aliphatic rings. The van der Waals surface area contributed by atoms with Crippen LogP contribution in [0.15, 0.2) is 65.6 Å². The van der Waals surface area contributed by atoms with Crippen LogP contribution in [-0.4, -0.2) is 15.9 Å². The first-order chi connectivity index (χ1) is 14.5. The van der Waals surface area contributed by atoms with Crippen LogP contribution in [0.2, 0.25) is 0 Å². The maximum atomic E-state index is 13.5. The fraction of sp³-hybridized carbons (Fsp3) is 0.150. The number of rotatable bonds is 4. The van der Waals surface area contributed by atoms with E-state index in [1.54, 1.807) is 0 Å². The summed E-state index contributed by atoms with van der Waals surface area (Å²) in [6, 6.07) is 7.16. The van der Waals surface area contributed by atoms with Crippen molar-refractivity contribution in [2.75, 3.05) is 0 Å². The van der Waals surface area contributed by atoms with Gasteiger partial charge in [-0.15, -0.1) is 0 Å². The Morgan fingerprint density at radius 2 is 1.58 bits per heavy atom. The Labute approximate surface area is 170 Å². The lowest BCUT2D eigenvalue weighted by Gasteiger charge is -2.22. The molecule has 0 radical (unpaired) electrons. The first-order valence-electron chi connectivity index (χ1n) is 8.66. The maximum absolute atomic E-state index is 13.5. The molecule has 1 atom stereocenters. The van der Waals surface area contributed by atoms with Crippen LogP contribution in [0.25, 0.3) is 0 Å². The van der Waals surface area contributed by atoms with E-state index in [0.717, 1.165) is 36.5 Å². The molecule has 3 aromatic rings. The predicted molar refractivity (Wildman–Crippen MR) is 97.1 cm³/mol. The number of aromatic amines is 1. The highest BCUT2D eigenvalue weighted by molar-refractivity contribution is 5.92. The zero-order chi connectivity index (χ0) is 22.8. The van der Waals surface area contributed by atoms with Crippen molar-refractivity contribution in [1.29, 1.82) is 0 Å². The van der Waals surface area contributed by atoms with E-state index in [2.05, 4.69) is 15.3 Å². The average molecular weight is 441 g/mol. The second kappa shape index (κ2) is 8.25. The van der Waals surface area contributed by atoms with E-state index in [1.165, 1.54) is 12.1 Å². The number of amides is 1. The van der Waals surface area contributed by atoms with Crippen LogP contribution < -0.4 is 10.9 Å². The van der Waals surface area contributed by atoms with E-state index in [1.807, 2.05) is 0 Å². The van der Waals surface area contributed by atoms with Crippen LogP contribution in [-0.2, 0) is 12.4 Å². The van der Waals surface area contributed by atoms with Crippen LogP contribution in [0.3, 0.4) is 0 Å². The molecule has 2 aromatic heterocycles. The molecule has 0 aliphatic carbocycles. The zero-order valence-corrected chi connectivity index (χ0v) is 15.4. The molecule has 3 rings (SSSR count). The number of H-pyrrole nitrogens is 1. The van der Waals surface area contributed by atoms with Gasteiger partial charge in [-0.25, -0.2) is 0 Å². The molecule has 0 aliphatic heterocycles. The summed E-state index contributed by atoms with van der Waals surface area (Å²) in [4.78, 5) is 30.0. The summed E-state index contributed by atoms with van der Waals surface area (Å²) in [5.41, 5.74) is -3.71. The van der Waals surface area contributed by atoms with E-state index >= 15 is 0 Å². The molecule has 1 aromatic carbocycles. The Balaban J connectivity index is 2.09. The Morgan fingerprint density at radius 3 is 2.16 bits per heavy atom. The van der Waals surface area contributed by atoms with E-state index in [4.69, 9.17) is 0 Å². The number of carbonyl (C=O) groups excluding carboxylic acids is 1. The average Bonchev–Trinajstić information content (AvgIpc) is 2.71. The van der Waals surface area contributed by atoms with Gasteiger partial charge in [0.15, 0.2) is 0 Å². The number of pyridine rings is 2. The molecule has 2 heterocycles. The van der Waals surface area contributed by atoms with Crippen molar-refractivity contribution in [1.82, 2.24) is 15.3 Å². The van der Waals surface area contributed by atoms with Crippen molar-refractivity contribution in [2.45, 2.75) is 18.4 Å². The largest absolute Gasteiger partial charge is 0.418 e. The van der Waals surface area contributed by atoms with Gasteiger partial charge < -0.3 is 10.3 Å². The summed E-state index contributed by atoms with van der Waals surface area (Å²) in [6.45, 7) is 0. The molecular formula is C20H13F6N3O2. The van der Waals surface area contributed by atoms with E-state index in [9.17, 15) is 35.9 Å². The quantitative estimate of drug-likeness (QED) is 0.592. The van der Waals surface area contributed by atoms with Gasteiger partial charge >= 0.3 is 12.4 Å². The highest BCUT2D eigenvalue weighted by Crippen LogP contribution is 2.36. The summed E-state index contributed by atoms with van der Waals surface area (Å²) in [6.07, 6.45) is -8.42. The minimum atomic E-state index is -4.83. The molecule has 1 amide bonds. The first kappa shape index (κ1) is 22.1. The van der Waals surface area contributed by atoms with Gasteiger partial charge in [0.2, 0.25) is 5.56 Å². The summed E-state index contributed by atoms with van der Waals surface area (Å²) >= 11 is 0. The fourth-order valence-electron chi connectivity index (χ4n) is 2.85. The molecule has 0 fully saturated rings. The SMILES string of the molecule is O=C(NC(c1ccc(C(F)(F)F)cc1)c1ncccc1C(F)(F)F)c1cccc(=O)[nH]1. The molecule has 0 saturated carbocycles. The Morgan fingerprint density at radius 1 is 0.903 bits per heavy atom. The number of hydrogen-bond donors (Lipinski definition) is 2. The van der Waals surface area contributed by atoms with Crippen LogP contribution in [0.1, 0.15) is 38.9 Å². The molecule has 0 spiro atoms. The molecule has 162 valence electrons. The lowest BCUT2D eigenvalue weighted by atomic mass is 9.97. The van der Waals surface area contributed by atoms with Crippen molar-refractivity contribution < 1.29 is 31.1 Å². The third-order valence-electron chi connectivity index (χ3n) is 4.28. The summed E-state index contributed by atoms with van der Waals surface area (Å²) in [7, 11) is 0. The number of benzene rings is 1. The van der Waals surface area contributed by atoms with Crippen molar-refractivity contribution in [3.63, 3.8) is 0 Å². The molecule has 11 heteroatoms.